The first-order valence-electron chi connectivity index (χ1n) is 5.73. The summed E-state index contributed by atoms with van der Waals surface area (Å²) in [6.45, 7) is 1.60. The van der Waals surface area contributed by atoms with E-state index >= 15 is 0 Å². The van der Waals surface area contributed by atoms with Gasteiger partial charge >= 0.3 is 12.0 Å². The molecule has 0 aliphatic heterocycles. The minimum atomic E-state index is -1.10. The lowest BCUT2D eigenvalue weighted by Gasteiger charge is -2.29. The number of hydrogen-bond acceptors (Lipinski definition) is 2. The van der Waals surface area contributed by atoms with Crippen LogP contribution in [0.1, 0.15) is 32.6 Å². The lowest BCUT2D eigenvalue weighted by molar-refractivity contribution is -0.144. The molecule has 16 heavy (non-hydrogen) atoms. The van der Waals surface area contributed by atoms with Gasteiger partial charge in [0.05, 0.1) is 0 Å². The van der Waals surface area contributed by atoms with E-state index in [4.69, 9.17) is 0 Å². The zero-order valence-corrected chi connectivity index (χ0v) is 9.69. The van der Waals surface area contributed by atoms with E-state index < -0.39 is 11.5 Å². The van der Waals surface area contributed by atoms with Crippen LogP contribution in [0.4, 0.5) is 4.79 Å². The van der Waals surface area contributed by atoms with Crippen molar-refractivity contribution in [2.45, 2.75) is 44.2 Å². The molecule has 0 radical (unpaired) electrons. The van der Waals surface area contributed by atoms with Crippen molar-refractivity contribution in [3.05, 3.63) is 0 Å². The zero-order valence-electron chi connectivity index (χ0n) is 9.69. The lowest BCUT2D eigenvalue weighted by Crippen LogP contribution is -2.57. The van der Waals surface area contributed by atoms with Crippen molar-refractivity contribution in [3.8, 4) is 0 Å². The van der Waals surface area contributed by atoms with Crippen molar-refractivity contribution in [3.63, 3.8) is 0 Å². The molecule has 0 spiro atoms. The molecule has 0 aromatic carbocycles. The summed E-state index contributed by atoms with van der Waals surface area (Å²) in [6.07, 6.45) is 3.82. The fourth-order valence-corrected chi connectivity index (χ4v) is 1.93. The standard InChI is InChI=1S/C11H18N2O3/c1-11(9(14)15,7-3-4-7)12-10(16)13(2)8-5-6-8/h7-8H,3-6H2,1-2H3,(H,12,16)(H,14,15). The lowest BCUT2D eigenvalue weighted by atomic mass is 9.96. The Labute approximate surface area is 94.8 Å². The van der Waals surface area contributed by atoms with Crippen LogP contribution >= 0.6 is 0 Å². The van der Waals surface area contributed by atoms with Crippen LogP contribution in [0.15, 0.2) is 0 Å². The molecular formula is C11H18N2O3. The molecule has 1 unspecified atom stereocenters. The van der Waals surface area contributed by atoms with Crippen LogP contribution in [0.25, 0.3) is 0 Å². The second-order valence-corrected chi connectivity index (χ2v) is 5.05. The molecule has 0 heterocycles. The number of carbonyl (C=O) groups is 2. The third kappa shape index (κ3) is 1.99. The summed E-state index contributed by atoms with van der Waals surface area (Å²) in [5.41, 5.74) is -1.10. The van der Waals surface area contributed by atoms with Gasteiger partial charge in [-0.1, -0.05) is 0 Å². The van der Waals surface area contributed by atoms with Crippen LogP contribution in [0.2, 0.25) is 0 Å². The molecule has 2 saturated carbocycles. The average Bonchev–Trinajstić information content (AvgIpc) is 3.03. The Kier molecular flexibility index (Phi) is 2.56. The van der Waals surface area contributed by atoms with E-state index in [2.05, 4.69) is 5.32 Å². The minimum Gasteiger partial charge on any atom is -0.480 e. The molecule has 2 fully saturated rings. The Morgan fingerprint density at radius 1 is 1.31 bits per heavy atom. The van der Waals surface area contributed by atoms with Gasteiger partial charge in [0.1, 0.15) is 5.54 Å². The summed E-state index contributed by atoms with van der Waals surface area (Å²) in [5, 5.41) is 11.9. The van der Waals surface area contributed by atoms with Gasteiger partial charge in [0, 0.05) is 13.1 Å². The SMILES string of the molecule is CN(C(=O)NC(C)(C(=O)O)C1CC1)C1CC1. The van der Waals surface area contributed by atoms with Crippen molar-refractivity contribution in [2.24, 2.45) is 5.92 Å². The highest BCUT2D eigenvalue weighted by molar-refractivity contribution is 5.86. The fourth-order valence-electron chi connectivity index (χ4n) is 1.93. The van der Waals surface area contributed by atoms with Gasteiger partial charge in [0.15, 0.2) is 0 Å². The molecule has 0 aromatic rings. The Bertz CT molecular complexity index is 323. The molecule has 0 saturated heterocycles. The average molecular weight is 226 g/mol. The number of carboxylic acid groups (broad SMARTS) is 1. The van der Waals surface area contributed by atoms with Gasteiger partial charge in [-0.15, -0.1) is 0 Å². The third-order valence-corrected chi connectivity index (χ3v) is 3.62. The maximum atomic E-state index is 11.8. The van der Waals surface area contributed by atoms with Crippen LogP contribution in [-0.2, 0) is 4.79 Å². The van der Waals surface area contributed by atoms with Gasteiger partial charge in [-0.05, 0) is 38.5 Å². The van der Waals surface area contributed by atoms with Crippen molar-refractivity contribution >= 4 is 12.0 Å². The monoisotopic (exact) mass is 226 g/mol. The van der Waals surface area contributed by atoms with E-state index in [1.54, 1.807) is 18.9 Å². The molecule has 2 amide bonds. The van der Waals surface area contributed by atoms with Crippen molar-refractivity contribution < 1.29 is 14.7 Å². The first kappa shape index (κ1) is 11.2. The van der Waals surface area contributed by atoms with Crippen LogP contribution in [0.3, 0.4) is 0 Å². The molecule has 1 atom stereocenters. The highest BCUT2D eigenvalue weighted by atomic mass is 16.4. The summed E-state index contributed by atoms with van der Waals surface area (Å²) in [6, 6.07) is 0.0385. The number of amides is 2. The smallest absolute Gasteiger partial charge is 0.329 e. The molecule has 2 aliphatic rings. The zero-order chi connectivity index (χ0) is 11.9. The minimum absolute atomic E-state index is 0.0848. The van der Waals surface area contributed by atoms with Gasteiger partial charge in [0.2, 0.25) is 0 Å². The molecule has 0 aromatic heterocycles. The molecule has 2 N–H and O–H groups in total. The van der Waals surface area contributed by atoms with Crippen LogP contribution in [-0.4, -0.2) is 40.6 Å². The quantitative estimate of drug-likeness (QED) is 0.752. The number of rotatable bonds is 4. The number of aliphatic carboxylic acids is 1. The number of hydrogen-bond donors (Lipinski definition) is 2. The molecule has 5 heteroatoms. The van der Waals surface area contributed by atoms with Crippen molar-refractivity contribution in [1.29, 1.82) is 0 Å². The Morgan fingerprint density at radius 2 is 1.88 bits per heavy atom. The molecule has 90 valence electrons. The van der Waals surface area contributed by atoms with E-state index in [1.165, 1.54) is 0 Å². The number of nitrogens with one attached hydrogen (secondary N) is 1. The molecular weight excluding hydrogens is 208 g/mol. The first-order valence-corrected chi connectivity index (χ1v) is 5.73. The Hall–Kier alpha value is -1.26. The van der Waals surface area contributed by atoms with Crippen LogP contribution in [0.5, 0.6) is 0 Å². The van der Waals surface area contributed by atoms with Crippen molar-refractivity contribution in [1.82, 2.24) is 10.2 Å². The van der Waals surface area contributed by atoms with Gasteiger partial charge < -0.3 is 15.3 Å². The predicted octanol–water partition coefficient (Wildman–Crippen LogP) is 1.04. The first-order chi connectivity index (χ1) is 7.45. The number of carboxylic acids is 1. The fraction of sp³-hybridized carbons (Fsp3) is 0.818. The van der Waals surface area contributed by atoms with E-state index in [0.717, 1.165) is 25.7 Å². The molecule has 2 rings (SSSR count). The molecule has 0 bridgehead atoms. The molecule has 5 nitrogen and oxygen atoms in total. The van der Waals surface area contributed by atoms with Crippen molar-refractivity contribution in [2.75, 3.05) is 7.05 Å². The van der Waals surface area contributed by atoms with Crippen LogP contribution in [0, 0.1) is 5.92 Å². The third-order valence-electron chi connectivity index (χ3n) is 3.62. The Balaban J connectivity index is 1.99. The van der Waals surface area contributed by atoms with E-state index in [9.17, 15) is 14.7 Å². The number of urea groups is 1. The maximum Gasteiger partial charge on any atom is 0.329 e. The van der Waals surface area contributed by atoms with E-state index in [0.29, 0.717) is 6.04 Å². The summed E-state index contributed by atoms with van der Waals surface area (Å²) >= 11 is 0. The highest BCUT2D eigenvalue weighted by Crippen LogP contribution is 2.40. The summed E-state index contributed by atoms with van der Waals surface area (Å²) in [5.74, 6) is -0.853. The second-order valence-electron chi connectivity index (χ2n) is 5.05. The topological polar surface area (TPSA) is 69.6 Å². The highest BCUT2D eigenvalue weighted by Gasteiger charge is 2.49. The summed E-state index contributed by atoms with van der Waals surface area (Å²) < 4.78 is 0. The normalized spacial score (nSPS) is 23.4. The predicted molar refractivity (Wildman–Crippen MR) is 58.1 cm³/mol. The second kappa shape index (κ2) is 3.64. The summed E-state index contributed by atoms with van der Waals surface area (Å²) in [4.78, 5) is 24.7. The van der Waals surface area contributed by atoms with Gasteiger partial charge in [-0.2, -0.15) is 0 Å². The molecule has 2 aliphatic carbocycles. The van der Waals surface area contributed by atoms with Gasteiger partial charge in [-0.3, -0.25) is 0 Å². The number of carbonyl (C=O) groups excluding carboxylic acids is 1. The van der Waals surface area contributed by atoms with E-state index in [1.807, 2.05) is 0 Å². The Morgan fingerprint density at radius 3 is 2.25 bits per heavy atom. The number of nitrogens with zero attached hydrogens (tertiary/aromatic N) is 1. The maximum absolute atomic E-state index is 11.8. The van der Waals surface area contributed by atoms with Gasteiger partial charge in [-0.25, -0.2) is 9.59 Å². The largest absolute Gasteiger partial charge is 0.480 e. The summed E-state index contributed by atoms with van der Waals surface area (Å²) in [7, 11) is 1.72. The van der Waals surface area contributed by atoms with Crippen LogP contribution < -0.4 is 5.32 Å². The van der Waals surface area contributed by atoms with E-state index in [-0.39, 0.29) is 11.9 Å². The van der Waals surface area contributed by atoms with Gasteiger partial charge in [0.25, 0.3) is 0 Å².